The van der Waals surface area contributed by atoms with Crippen LogP contribution in [0.25, 0.3) is 5.57 Å². The van der Waals surface area contributed by atoms with Crippen LogP contribution in [0.1, 0.15) is 15.2 Å². The lowest BCUT2D eigenvalue weighted by atomic mass is 10.1. The average Bonchev–Trinajstić information content (AvgIpc) is 3.19. The van der Waals surface area contributed by atoms with Gasteiger partial charge < -0.3 is 10.2 Å². The molecule has 2 N–H and O–H groups in total. The zero-order valence-electron chi connectivity index (χ0n) is 15.1. The smallest absolute Gasteiger partial charge is 0.335 e. The molecule has 3 aromatic rings. The molecule has 29 heavy (non-hydrogen) atoms. The molecule has 0 radical (unpaired) electrons. The number of hydrogen-bond acceptors (Lipinski definition) is 5. The van der Waals surface area contributed by atoms with Gasteiger partial charge in [0.25, 0.3) is 5.91 Å². The topological polar surface area (TPSA) is 104 Å². The second-order valence-electron chi connectivity index (χ2n) is 6.21. The van der Waals surface area contributed by atoms with Crippen LogP contribution >= 0.6 is 11.3 Å². The number of amides is 1. The van der Waals surface area contributed by atoms with Crippen molar-refractivity contribution >= 4 is 34.5 Å². The fourth-order valence-corrected chi connectivity index (χ4v) is 4.15. The van der Waals surface area contributed by atoms with Crippen LogP contribution < -0.4 is 15.4 Å². The van der Waals surface area contributed by atoms with Crippen LogP contribution in [0.15, 0.2) is 71.2 Å². The van der Waals surface area contributed by atoms with Crippen molar-refractivity contribution < 1.29 is 19.8 Å². The zero-order chi connectivity index (χ0) is 20.5. The number of rotatable bonds is 5. The molecule has 0 unspecified atom stereocenters. The number of aromatic carboxylic acids is 1. The van der Waals surface area contributed by atoms with Gasteiger partial charge in [0, 0.05) is 11.8 Å². The Morgan fingerprint density at radius 2 is 2.03 bits per heavy atom. The molecule has 0 saturated carbocycles. The quantitative estimate of drug-likeness (QED) is 0.631. The van der Waals surface area contributed by atoms with Crippen molar-refractivity contribution in [2.45, 2.75) is 6.54 Å². The molecular formula is C21H15N3O4S. The number of aromatic nitrogens is 1. The first-order valence-electron chi connectivity index (χ1n) is 8.64. The number of aromatic hydroxyl groups is 1. The predicted molar refractivity (Wildman–Crippen MR) is 108 cm³/mol. The Balaban J connectivity index is 1.96. The third-order valence-electron chi connectivity index (χ3n) is 4.35. The molecule has 1 amide bonds. The Bertz CT molecular complexity index is 1370. The van der Waals surface area contributed by atoms with Gasteiger partial charge in [0.2, 0.25) is 5.88 Å². The maximum Gasteiger partial charge on any atom is 0.335 e. The average molecular weight is 405 g/mol. The number of fused-ring (bicyclic) bond motifs is 1. The number of carbonyl (C=O) groups is 2. The molecular weight excluding hydrogens is 390 g/mol. The van der Waals surface area contributed by atoms with Crippen LogP contribution in [0.2, 0.25) is 0 Å². The van der Waals surface area contributed by atoms with Crippen LogP contribution in [-0.2, 0) is 11.3 Å². The van der Waals surface area contributed by atoms with Crippen molar-refractivity contribution in [2.24, 2.45) is 9.98 Å². The summed E-state index contributed by atoms with van der Waals surface area (Å²) in [7, 11) is 0. The lowest BCUT2D eigenvalue weighted by Gasteiger charge is -2.02. The molecule has 1 aliphatic heterocycles. The van der Waals surface area contributed by atoms with Gasteiger partial charge in [-0.15, -0.1) is 6.58 Å². The van der Waals surface area contributed by atoms with Crippen LogP contribution in [0, 0.1) is 0 Å². The highest BCUT2D eigenvalue weighted by molar-refractivity contribution is 7.11. The molecule has 0 bridgehead atoms. The molecule has 8 heteroatoms. The molecule has 1 aromatic heterocycles. The van der Waals surface area contributed by atoms with E-state index < -0.39 is 11.9 Å². The largest absolute Gasteiger partial charge is 0.493 e. The maximum absolute atomic E-state index is 12.5. The number of thiazole rings is 1. The minimum absolute atomic E-state index is 0.107. The van der Waals surface area contributed by atoms with E-state index in [1.165, 1.54) is 16.7 Å². The molecule has 0 spiro atoms. The van der Waals surface area contributed by atoms with Gasteiger partial charge in [-0.05, 0) is 24.3 Å². The summed E-state index contributed by atoms with van der Waals surface area (Å²) in [5, 5.41) is 21.2. The molecule has 0 fully saturated rings. The number of hydrogen-bond donors (Lipinski definition) is 2. The number of carboxylic acids is 1. The number of benzene rings is 2. The lowest BCUT2D eigenvalue weighted by Crippen LogP contribution is -2.22. The molecule has 4 rings (SSSR count). The van der Waals surface area contributed by atoms with Crippen molar-refractivity contribution in [1.82, 2.24) is 4.57 Å². The third-order valence-corrected chi connectivity index (χ3v) is 5.43. The van der Waals surface area contributed by atoms with Gasteiger partial charge in [-0.3, -0.25) is 9.36 Å². The van der Waals surface area contributed by atoms with Gasteiger partial charge in [0.05, 0.1) is 22.2 Å². The summed E-state index contributed by atoms with van der Waals surface area (Å²) in [6.07, 6.45) is 1.60. The van der Waals surface area contributed by atoms with Gasteiger partial charge in [-0.2, -0.15) is 0 Å². The Morgan fingerprint density at radius 3 is 2.79 bits per heavy atom. The number of para-hydroxylation sites is 1. The number of carbonyl (C=O) groups excluding carboxylic acids is 1. The van der Waals surface area contributed by atoms with Crippen molar-refractivity contribution in [3.05, 3.63) is 87.0 Å². The second kappa shape index (κ2) is 7.33. The van der Waals surface area contributed by atoms with Gasteiger partial charge in [0.1, 0.15) is 4.88 Å². The van der Waals surface area contributed by atoms with E-state index in [-0.39, 0.29) is 18.0 Å². The minimum Gasteiger partial charge on any atom is -0.493 e. The summed E-state index contributed by atoms with van der Waals surface area (Å²) in [4.78, 5) is 33.0. The predicted octanol–water partition coefficient (Wildman–Crippen LogP) is 1.73. The summed E-state index contributed by atoms with van der Waals surface area (Å²) in [6.45, 7) is 3.97. The molecule has 0 saturated heterocycles. The molecule has 0 aliphatic carbocycles. The maximum atomic E-state index is 12.5. The van der Waals surface area contributed by atoms with Crippen molar-refractivity contribution in [1.29, 1.82) is 0 Å². The minimum atomic E-state index is -1.05. The fraction of sp³-hybridized carbons (Fsp3) is 0.0476. The Labute approximate surface area is 168 Å². The third kappa shape index (κ3) is 3.30. The van der Waals surface area contributed by atoms with Gasteiger partial charge >= 0.3 is 5.97 Å². The number of nitrogens with zero attached hydrogens (tertiary/aromatic N) is 3. The molecule has 0 atom stereocenters. The molecule has 1 aliphatic rings. The second-order valence-corrected chi connectivity index (χ2v) is 7.19. The standard InChI is InChI=1S/C21H15N3O4S/c1-2-10-24-19(26)17(16-14-8-3-4-9-15(14)23-18(16)25)29-21(24)22-13-7-5-6-12(11-13)20(27)28/h2-9,11,26H,1,10H2,(H,27,28). The zero-order valence-corrected chi connectivity index (χ0v) is 15.9. The van der Waals surface area contributed by atoms with E-state index in [0.717, 1.165) is 11.3 Å². The van der Waals surface area contributed by atoms with Crippen LogP contribution in [-0.4, -0.2) is 26.7 Å². The first-order chi connectivity index (χ1) is 14.0. The number of allylic oxidation sites excluding steroid dienone is 1. The van der Waals surface area contributed by atoms with Crippen LogP contribution in [0.5, 0.6) is 5.88 Å². The fourth-order valence-electron chi connectivity index (χ4n) is 3.05. The molecule has 144 valence electrons. The summed E-state index contributed by atoms with van der Waals surface area (Å²) in [5.41, 5.74) is 0.848. The molecule has 2 aromatic carbocycles. The van der Waals surface area contributed by atoms with E-state index in [1.54, 1.807) is 42.5 Å². The SMILES string of the molecule is C=CCn1c(O)c(C2=c3ccccc3=NC2=O)sc1=Nc1cccc(C(=O)O)c1. The van der Waals surface area contributed by atoms with Crippen molar-refractivity contribution in [2.75, 3.05) is 0 Å². The van der Waals surface area contributed by atoms with E-state index in [9.17, 15) is 19.8 Å². The van der Waals surface area contributed by atoms with Crippen molar-refractivity contribution in [3.63, 3.8) is 0 Å². The van der Waals surface area contributed by atoms with E-state index >= 15 is 0 Å². The summed E-state index contributed by atoms with van der Waals surface area (Å²) in [5.74, 6) is -1.59. The van der Waals surface area contributed by atoms with E-state index in [2.05, 4.69) is 16.6 Å². The lowest BCUT2D eigenvalue weighted by molar-refractivity contribution is -0.112. The molecule has 2 heterocycles. The Hall–Kier alpha value is -3.78. The summed E-state index contributed by atoms with van der Waals surface area (Å²) < 4.78 is 1.52. The highest BCUT2D eigenvalue weighted by atomic mass is 32.1. The first-order valence-corrected chi connectivity index (χ1v) is 9.45. The Morgan fingerprint density at radius 1 is 1.24 bits per heavy atom. The van der Waals surface area contributed by atoms with E-state index in [4.69, 9.17) is 0 Å². The number of carboxylic acid groups (broad SMARTS) is 1. The van der Waals surface area contributed by atoms with Gasteiger partial charge in [0.15, 0.2) is 4.80 Å². The van der Waals surface area contributed by atoms with Gasteiger partial charge in [-0.25, -0.2) is 14.8 Å². The highest BCUT2D eigenvalue weighted by Crippen LogP contribution is 2.29. The first kappa shape index (κ1) is 18.6. The monoisotopic (exact) mass is 405 g/mol. The van der Waals surface area contributed by atoms with E-state index in [0.29, 0.717) is 31.5 Å². The normalized spacial score (nSPS) is 13.3. The van der Waals surface area contributed by atoms with Crippen molar-refractivity contribution in [3.8, 4) is 5.88 Å². The van der Waals surface area contributed by atoms with Crippen LogP contribution in [0.3, 0.4) is 0 Å². The molecule has 7 nitrogen and oxygen atoms in total. The van der Waals surface area contributed by atoms with Gasteiger partial charge in [-0.1, -0.05) is 41.7 Å². The van der Waals surface area contributed by atoms with E-state index in [1.807, 2.05) is 0 Å². The Kier molecular flexibility index (Phi) is 4.69. The summed E-state index contributed by atoms with van der Waals surface area (Å²) >= 11 is 1.13. The van der Waals surface area contributed by atoms with Crippen LogP contribution in [0.4, 0.5) is 5.69 Å². The summed E-state index contributed by atoms with van der Waals surface area (Å²) in [6, 6.07) is 13.3. The highest BCUT2D eigenvalue weighted by Gasteiger charge is 2.25.